The van der Waals surface area contributed by atoms with E-state index >= 15 is 0 Å². The molecule has 0 rings (SSSR count). The molecule has 0 aromatic rings. The van der Waals surface area contributed by atoms with Gasteiger partial charge in [0.05, 0.1) is 0 Å². The summed E-state index contributed by atoms with van der Waals surface area (Å²) >= 11 is 0. The van der Waals surface area contributed by atoms with E-state index in [1.54, 1.807) is 0 Å². The van der Waals surface area contributed by atoms with E-state index in [0.717, 1.165) is 96.3 Å². The van der Waals surface area contributed by atoms with Crippen LogP contribution < -0.4 is 0 Å². The van der Waals surface area contributed by atoms with E-state index in [0.29, 0.717) is 19.3 Å². The molecule has 0 aliphatic rings. The Labute approximate surface area is 503 Å². The Hall–Kier alpha value is -3.15. The lowest BCUT2D eigenvalue weighted by Gasteiger charge is -2.18. The zero-order chi connectivity index (χ0) is 58.5. The summed E-state index contributed by atoms with van der Waals surface area (Å²) in [6.45, 7) is 6.56. The fourth-order valence-electron chi connectivity index (χ4n) is 10.4. The van der Waals surface area contributed by atoms with E-state index in [-0.39, 0.29) is 31.1 Å². The second-order valence-corrected chi connectivity index (χ2v) is 23.8. The Kier molecular flexibility index (Phi) is 66.6. The number of allylic oxidation sites excluding steroid dienone is 12. The summed E-state index contributed by atoms with van der Waals surface area (Å²) in [5.74, 6) is -0.860. The van der Waals surface area contributed by atoms with Crippen molar-refractivity contribution in [2.75, 3.05) is 13.2 Å². The summed E-state index contributed by atoms with van der Waals surface area (Å²) in [6, 6.07) is 0. The number of esters is 3. The fraction of sp³-hybridized carbons (Fsp3) is 0.800. The molecule has 0 bridgehead atoms. The quantitative estimate of drug-likeness (QED) is 0.0261. The largest absolute Gasteiger partial charge is 0.462 e. The van der Waals surface area contributed by atoms with Gasteiger partial charge in [-0.2, -0.15) is 0 Å². The fourth-order valence-corrected chi connectivity index (χ4v) is 10.4. The van der Waals surface area contributed by atoms with Crippen LogP contribution in [0, 0.1) is 0 Å². The molecular formula is C75H134O6. The number of unbranched alkanes of at least 4 members (excludes halogenated alkanes) is 42. The molecule has 0 aliphatic heterocycles. The van der Waals surface area contributed by atoms with Crippen molar-refractivity contribution in [1.29, 1.82) is 0 Å². The Morgan fingerprint density at radius 2 is 0.481 bits per heavy atom. The van der Waals surface area contributed by atoms with Gasteiger partial charge in [-0.25, -0.2) is 0 Å². The normalized spacial score (nSPS) is 12.5. The predicted octanol–water partition coefficient (Wildman–Crippen LogP) is 24.4. The maximum atomic E-state index is 12.9. The van der Waals surface area contributed by atoms with Crippen LogP contribution >= 0.6 is 0 Å². The van der Waals surface area contributed by atoms with Crippen LogP contribution in [0.2, 0.25) is 0 Å². The Morgan fingerprint density at radius 3 is 0.753 bits per heavy atom. The van der Waals surface area contributed by atoms with Gasteiger partial charge in [-0.05, 0) is 89.9 Å². The third-order valence-corrected chi connectivity index (χ3v) is 15.7. The molecule has 0 N–H and O–H groups in total. The van der Waals surface area contributed by atoms with Crippen molar-refractivity contribution < 1.29 is 28.6 Å². The minimum absolute atomic E-state index is 0.0740. The van der Waals surface area contributed by atoms with Crippen LogP contribution in [-0.2, 0) is 28.6 Å². The second kappa shape index (κ2) is 69.3. The zero-order valence-electron chi connectivity index (χ0n) is 54.1. The molecule has 0 amide bonds. The van der Waals surface area contributed by atoms with Gasteiger partial charge in [0.1, 0.15) is 13.2 Å². The highest BCUT2D eigenvalue weighted by Gasteiger charge is 2.19. The molecule has 0 aromatic heterocycles. The number of carbonyl (C=O) groups is 3. The molecule has 0 fully saturated rings. The van der Waals surface area contributed by atoms with Crippen molar-refractivity contribution in [2.24, 2.45) is 0 Å². The van der Waals surface area contributed by atoms with E-state index in [1.165, 1.54) is 231 Å². The van der Waals surface area contributed by atoms with E-state index in [1.807, 2.05) is 0 Å². The molecule has 0 saturated heterocycles. The van der Waals surface area contributed by atoms with Gasteiger partial charge in [0.2, 0.25) is 0 Å². The lowest BCUT2D eigenvalue weighted by Crippen LogP contribution is -2.30. The molecule has 0 aromatic carbocycles. The highest BCUT2D eigenvalue weighted by Crippen LogP contribution is 2.18. The number of ether oxygens (including phenoxy) is 3. The molecule has 1 atom stereocenters. The van der Waals surface area contributed by atoms with Crippen LogP contribution in [0.25, 0.3) is 0 Å². The second-order valence-electron chi connectivity index (χ2n) is 23.8. The van der Waals surface area contributed by atoms with Gasteiger partial charge in [0.15, 0.2) is 6.10 Å². The zero-order valence-corrected chi connectivity index (χ0v) is 54.1. The monoisotopic (exact) mass is 1130 g/mol. The van der Waals surface area contributed by atoms with Gasteiger partial charge in [-0.1, -0.05) is 331 Å². The van der Waals surface area contributed by atoms with Gasteiger partial charge < -0.3 is 14.2 Å². The van der Waals surface area contributed by atoms with E-state index in [9.17, 15) is 14.4 Å². The highest BCUT2D eigenvalue weighted by atomic mass is 16.6. The van der Waals surface area contributed by atoms with Gasteiger partial charge >= 0.3 is 17.9 Å². The van der Waals surface area contributed by atoms with Crippen LogP contribution in [0.15, 0.2) is 72.9 Å². The van der Waals surface area contributed by atoms with E-state index in [2.05, 4.69) is 93.7 Å². The molecule has 0 aliphatic carbocycles. The average Bonchev–Trinajstić information content (AvgIpc) is 3.46. The van der Waals surface area contributed by atoms with Crippen molar-refractivity contribution >= 4 is 17.9 Å². The number of rotatable bonds is 65. The molecule has 81 heavy (non-hydrogen) atoms. The maximum Gasteiger partial charge on any atom is 0.306 e. The van der Waals surface area contributed by atoms with Crippen LogP contribution in [0.1, 0.15) is 367 Å². The predicted molar refractivity (Wildman–Crippen MR) is 353 cm³/mol. The third kappa shape index (κ3) is 67.5. The van der Waals surface area contributed by atoms with E-state index in [4.69, 9.17) is 14.2 Å². The summed E-state index contributed by atoms with van der Waals surface area (Å²) in [5, 5.41) is 0. The van der Waals surface area contributed by atoms with Crippen molar-refractivity contribution in [3.05, 3.63) is 72.9 Å². The number of hydrogen-bond donors (Lipinski definition) is 0. The first kappa shape index (κ1) is 77.9. The van der Waals surface area contributed by atoms with Crippen LogP contribution in [0.5, 0.6) is 0 Å². The molecule has 0 heterocycles. The first-order chi connectivity index (χ1) is 40.0. The summed E-state index contributed by atoms with van der Waals surface area (Å²) in [5.41, 5.74) is 0. The number of hydrogen-bond acceptors (Lipinski definition) is 6. The summed E-state index contributed by atoms with van der Waals surface area (Å²) < 4.78 is 17.0. The van der Waals surface area contributed by atoms with Gasteiger partial charge in [0.25, 0.3) is 0 Å². The molecule has 6 nitrogen and oxygen atoms in total. The molecular weight excluding hydrogens is 997 g/mol. The Morgan fingerprint density at radius 1 is 0.259 bits per heavy atom. The van der Waals surface area contributed by atoms with Gasteiger partial charge in [-0.15, -0.1) is 0 Å². The highest BCUT2D eigenvalue weighted by molar-refractivity contribution is 5.71. The first-order valence-electron chi connectivity index (χ1n) is 35.4. The molecule has 0 saturated carbocycles. The van der Waals surface area contributed by atoms with Crippen LogP contribution in [-0.4, -0.2) is 37.2 Å². The minimum atomic E-state index is -0.779. The SMILES string of the molecule is CC/C=C\C/C=C\C/C=C\C/C=C\CCCCCCCCCCC(=O)OC(COC(=O)CCCCCCCCCCCCCCC)COC(=O)CCCCCCCCCCCCCCCCCCC/C=C\C/C=C\CCCCCCC. The average molecular weight is 1130 g/mol. The molecule has 0 spiro atoms. The molecule has 1 unspecified atom stereocenters. The molecule has 470 valence electrons. The lowest BCUT2D eigenvalue weighted by atomic mass is 10.0. The van der Waals surface area contributed by atoms with Crippen LogP contribution in [0.3, 0.4) is 0 Å². The smallest absolute Gasteiger partial charge is 0.306 e. The molecule has 6 heteroatoms. The Bertz CT molecular complexity index is 1490. The van der Waals surface area contributed by atoms with E-state index < -0.39 is 6.10 Å². The number of carbonyl (C=O) groups excluding carboxylic acids is 3. The summed E-state index contributed by atoms with van der Waals surface area (Å²) in [4.78, 5) is 38.4. The van der Waals surface area contributed by atoms with Crippen molar-refractivity contribution in [1.82, 2.24) is 0 Å². The third-order valence-electron chi connectivity index (χ3n) is 15.7. The van der Waals surface area contributed by atoms with Crippen molar-refractivity contribution in [2.45, 2.75) is 374 Å². The van der Waals surface area contributed by atoms with Crippen molar-refractivity contribution in [3.63, 3.8) is 0 Å². The maximum absolute atomic E-state index is 12.9. The summed E-state index contributed by atoms with van der Waals surface area (Å²) in [6.07, 6.45) is 90.7. The Balaban J connectivity index is 4.23. The molecule has 0 radical (unpaired) electrons. The standard InChI is InChI=1S/C75H134O6/c1-4-7-10-13-16-19-22-25-27-29-31-33-34-35-36-37-38-39-40-42-43-45-47-50-53-56-59-62-65-68-74(77)80-71-72(70-79-73(76)67-64-61-58-55-52-49-24-21-18-15-12-9-6-3)81-75(78)69-66-63-60-57-54-51-48-46-44-41-32-30-28-26-23-20-17-14-11-8-5-2/h8,11,17,20,22,25-26,28-29,31-32,41,72H,4-7,9-10,12-16,18-19,21,23-24,27,30,33-40,42-71H2,1-3H3/b11-8-,20-17-,25-22-,28-26-,31-29-,41-32-. The van der Waals surface area contributed by atoms with Gasteiger partial charge in [-0.3, -0.25) is 14.4 Å². The van der Waals surface area contributed by atoms with Gasteiger partial charge in [0, 0.05) is 19.3 Å². The minimum Gasteiger partial charge on any atom is -0.462 e. The first-order valence-corrected chi connectivity index (χ1v) is 35.4. The summed E-state index contributed by atoms with van der Waals surface area (Å²) in [7, 11) is 0. The topological polar surface area (TPSA) is 78.9 Å². The van der Waals surface area contributed by atoms with Crippen LogP contribution in [0.4, 0.5) is 0 Å². The van der Waals surface area contributed by atoms with Crippen molar-refractivity contribution in [3.8, 4) is 0 Å². The lowest BCUT2D eigenvalue weighted by molar-refractivity contribution is -0.167.